The SMILES string of the molecule is CN(C)C1CCN(c2ccc(NC(=O)CCc3ccc(OC(F)(F)F)cc3)cc2F)CC1. The van der Waals surface area contributed by atoms with E-state index in [0.29, 0.717) is 29.4 Å². The number of benzene rings is 2. The van der Waals surface area contributed by atoms with Crippen LogP contribution in [-0.4, -0.2) is 50.4 Å². The molecule has 2 aromatic carbocycles. The first kappa shape index (κ1) is 23.8. The van der Waals surface area contributed by atoms with E-state index in [1.165, 1.54) is 30.3 Å². The lowest BCUT2D eigenvalue weighted by Gasteiger charge is -2.36. The van der Waals surface area contributed by atoms with Crippen LogP contribution in [0.5, 0.6) is 5.75 Å². The lowest BCUT2D eigenvalue weighted by Crippen LogP contribution is -2.42. The molecule has 1 fully saturated rings. The molecular formula is C23H27F4N3O2. The van der Waals surface area contributed by atoms with E-state index in [-0.39, 0.29) is 23.9 Å². The number of hydrogen-bond donors (Lipinski definition) is 1. The normalized spacial score (nSPS) is 15.2. The first-order chi connectivity index (χ1) is 15.1. The van der Waals surface area contributed by atoms with Crippen molar-refractivity contribution in [2.45, 2.75) is 38.1 Å². The van der Waals surface area contributed by atoms with Crippen LogP contribution in [-0.2, 0) is 11.2 Å². The summed E-state index contributed by atoms with van der Waals surface area (Å²) < 4.78 is 55.1. The van der Waals surface area contributed by atoms with Gasteiger partial charge in [0.1, 0.15) is 11.6 Å². The molecule has 2 aromatic rings. The number of piperidine rings is 1. The smallest absolute Gasteiger partial charge is 0.406 e. The highest BCUT2D eigenvalue weighted by Gasteiger charge is 2.31. The van der Waals surface area contributed by atoms with Crippen molar-refractivity contribution in [2.24, 2.45) is 0 Å². The fourth-order valence-electron chi connectivity index (χ4n) is 3.80. The van der Waals surface area contributed by atoms with Crippen LogP contribution in [0.1, 0.15) is 24.8 Å². The van der Waals surface area contributed by atoms with Crippen molar-refractivity contribution >= 4 is 17.3 Å². The number of nitrogens with zero attached hydrogens (tertiary/aromatic N) is 2. The predicted molar refractivity (Wildman–Crippen MR) is 115 cm³/mol. The molecule has 0 spiro atoms. The summed E-state index contributed by atoms with van der Waals surface area (Å²) in [6.07, 6.45) is -2.36. The van der Waals surface area contributed by atoms with E-state index < -0.39 is 6.36 Å². The van der Waals surface area contributed by atoms with E-state index >= 15 is 0 Å². The average Bonchev–Trinajstić information content (AvgIpc) is 2.72. The van der Waals surface area contributed by atoms with Crippen LogP contribution in [0, 0.1) is 5.82 Å². The molecule has 9 heteroatoms. The molecule has 174 valence electrons. The Kier molecular flexibility index (Phi) is 7.60. The highest BCUT2D eigenvalue weighted by Crippen LogP contribution is 2.27. The Hall–Kier alpha value is -2.81. The van der Waals surface area contributed by atoms with Crippen molar-refractivity contribution in [1.82, 2.24) is 4.90 Å². The van der Waals surface area contributed by atoms with Crippen molar-refractivity contribution in [3.8, 4) is 5.75 Å². The quantitative estimate of drug-likeness (QED) is 0.611. The molecule has 5 nitrogen and oxygen atoms in total. The molecule has 1 heterocycles. The zero-order chi connectivity index (χ0) is 23.3. The van der Waals surface area contributed by atoms with Crippen molar-refractivity contribution in [2.75, 3.05) is 37.4 Å². The third-order valence-corrected chi connectivity index (χ3v) is 5.56. The number of anilines is 2. The molecule has 0 aliphatic carbocycles. The Morgan fingerprint density at radius 3 is 2.34 bits per heavy atom. The Morgan fingerprint density at radius 1 is 1.12 bits per heavy atom. The van der Waals surface area contributed by atoms with Crippen LogP contribution < -0.4 is 15.0 Å². The van der Waals surface area contributed by atoms with Gasteiger partial charge in [0.2, 0.25) is 5.91 Å². The van der Waals surface area contributed by atoms with Gasteiger partial charge in [-0.05, 0) is 69.3 Å². The second-order valence-corrected chi connectivity index (χ2v) is 8.09. The number of nitrogens with one attached hydrogen (secondary N) is 1. The Bertz CT molecular complexity index is 908. The van der Waals surface area contributed by atoms with Gasteiger partial charge in [-0.2, -0.15) is 0 Å². The maximum atomic E-state index is 14.7. The van der Waals surface area contributed by atoms with Crippen LogP contribution in [0.2, 0.25) is 0 Å². The lowest BCUT2D eigenvalue weighted by molar-refractivity contribution is -0.274. The first-order valence-electron chi connectivity index (χ1n) is 10.5. The summed E-state index contributed by atoms with van der Waals surface area (Å²) in [5.41, 5.74) is 1.59. The number of amides is 1. The maximum Gasteiger partial charge on any atom is 0.573 e. The molecule has 3 rings (SSSR count). The van der Waals surface area contributed by atoms with Crippen molar-refractivity contribution < 1.29 is 27.1 Å². The fourth-order valence-corrected chi connectivity index (χ4v) is 3.80. The van der Waals surface area contributed by atoms with Gasteiger partial charge in [0.05, 0.1) is 5.69 Å². The van der Waals surface area contributed by atoms with Crippen LogP contribution in [0.15, 0.2) is 42.5 Å². The first-order valence-corrected chi connectivity index (χ1v) is 10.5. The molecule has 0 bridgehead atoms. The van der Waals surface area contributed by atoms with E-state index in [1.54, 1.807) is 12.1 Å². The molecule has 1 saturated heterocycles. The molecule has 0 unspecified atom stereocenters. The highest BCUT2D eigenvalue weighted by molar-refractivity contribution is 5.91. The van der Waals surface area contributed by atoms with E-state index in [9.17, 15) is 22.4 Å². The molecule has 32 heavy (non-hydrogen) atoms. The second-order valence-electron chi connectivity index (χ2n) is 8.09. The van der Waals surface area contributed by atoms with Crippen LogP contribution >= 0.6 is 0 Å². The molecule has 1 aliphatic rings. The van der Waals surface area contributed by atoms with Crippen LogP contribution in [0.4, 0.5) is 28.9 Å². The average molecular weight is 453 g/mol. The van der Waals surface area contributed by atoms with Gasteiger partial charge in [0.25, 0.3) is 0 Å². The monoisotopic (exact) mass is 453 g/mol. The predicted octanol–water partition coefficient (Wildman–Crippen LogP) is 4.83. The third kappa shape index (κ3) is 6.85. The van der Waals surface area contributed by atoms with Crippen molar-refractivity contribution in [3.05, 3.63) is 53.8 Å². The molecule has 0 saturated carbocycles. The number of hydrogen-bond acceptors (Lipinski definition) is 4. The Labute approximate surface area is 185 Å². The Balaban J connectivity index is 1.50. The molecule has 0 radical (unpaired) electrons. The topological polar surface area (TPSA) is 44.8 Å². The van der Waals surface area contributed by atoms with Gasteiger partial charge in [-0.15, -0.1) is 13.2 Å². The van der Waals surface area contributed by atoms with Gasteiger partial charge in [-0.3, -0.25) is 4.79 Å². The van der Waals surface area contributed by atoms with E-state index in [1.807, 2.05) is 4.90 Å². The number of carbonyl (C=O) groups excluding carboxylic acids is 1. The maximum absolute atomic E-state index is 14.7. The molecule has 1 amide bonds. The summed E-state index contributed by atoms with van der Waals surface area (Å²) in [7, 11) is 4.10. The summed E-state index contributed by atoms with van der Waals surface area (Å²) in [6, 6.07) is 10.5. The summed E-state index contributed by atoms with van der Waals surface area (Å²) >= 11 is 0. The van der Waals surface area contributed by atoms with Crippen LogP contribution in [0.3, 0.4) is 0 Å². The van der Waals surface area contributed by atoms with Gasteiger partial charge in [-0.1, -0.05) is 12.1 Å². The number of alkyl halides is 3. The van der Waals surface area contributed by atoms with Crippen LogP contribution in [0.25, 0.3) is 0 Å². The van der Waals surface area contributed by atoms with E-state index in [4.69, 9.17) is 0 Å². The Morgan fingerprint density at radius 2 is 1.78 bits per heavy atom. The minimum Gasteiger partial charge on any atom is -0.406 e. The van der Waals surface area contributed by atoms with Gasteiger partial charge in [0.15, 0.2) is 0 Å². The van der Waals surface area contributed by atoms with Gasteiger partial charge in [0, 0.05) is 31.2 Å². The molecular weight excluding hydrogens is 426 g/mol. The van der Waals surface area contributed by atoms with Crippen molar-refractivity contribution in [3.63, 3.8) is 0 Å². The summed E-state index contributed by atoms with van der Waals surface area (Å²) in [4.78, 5) is 16.4. The molecule has 1 aliphatic heterocycles. The van der Waals surface area contributed by atoms with E-state index in [2.05, 4.69) is 29.0 Å². The zero-order valence-corrected chi connectivity index (χ0v) is 18.1. The van der Waals surface area contributed by atoms with E-state index in [0.717, 1.165) is 25.9 Å². The molecule has 1 N–H and O–H groups in total. The summed E-state index contributed by atoms with van der Waals surface area (Å²) in [5.74, 6) is -1.00. The van der Waals surface area contributed by atoms with Gasteiger partial charge in [-0.25, -0.2) is 4.39 Å². The van der Waals surface area contributed by atoms with Gasteiger partial charge >= 0.3 is 6.36 Å². The summed E-state index contributed by atoms with van der Waals surface area (Å²) in [5, 5.41) is 2.67. The summed E-state index contributed by atoms with van der Waals surface area (Å²) in [6.45, 7) is 1.55. The lowest BCUT2D eigenvalue weighted by atomic mass is 10.0. The number of ether oxygens (including phenoxy) is 1. The number of halogens is 4. The second kappa shape index (κ2) is 10.2. The molecule has 0 atom stereocenters. The minimum atomic E-state index is -4.74. The van der Waals surface area contributed by atoms with Gasteiger partial charge < -0.3 is 19.9 Å². The third-order valence-electron chi connectivity index (χ3n) is 5.56. The number of rotatable bonds is 7. The fraction of sp³-hybridized carbons (Fsp3) is 0.435. The minimum absolute atomic E-state index is 0.112. The van der Waals surface area contributed by atoms with Crippen molar-refractivity contribution in [1.29, 1.82) is 0 Å². The largest absolute Gasteiger partial charge is 0.573 e. The zero-order valence-electron chi connectivity index (χ0n) is 18.1. The number of carbonyl (C=O) groups is 1. The molecule has 0 aromatic heterocycles. The number of aryl methyl sites for hydroxylation is 1. The standard InChI is InChI=1S/C23H27F4N3O2/c1-29(2)18-11-13-30(14-12-18)21-9-6-17(15-20(21)24)28-22(31)10-5-16-3-7-19(8-4-16)32-23(25,26)27/h3-4,6-9,15,18H,5,10-14H2,1-2H3,(H,28,31). The highest BCUT2D eigenvalue weighted by atomic mass is 19.4.